The van der Waals surface area contributed by atoms with E-state index < -0.39 is 0 Å². The highest BCUT2D eigenvalue weighted by Crippen LogP contribution is 2.24. The first-order valence-corrected chi connectivity index (χ1v) is 6.72. The molecule has 18 heavy (non-hydrogen) atoms. The summed E-state index contributed by atoms with van der Waals surface area (Å²) in [5, 5.41) is 12.8. The van der Waals surface area contributed by atoms with E-state index in [-0.39, 0.29) is 17.8 Å². The van der Waals surface area contributed by atoms with E-state index >= 15 is 0 Å². The Bertz CT molecular complexity index is 342. The van der Waals surface area contributed by atoms with Crippen LogP contribution in [0.4, 0.5) is 4.39 Å². The summed E-state index contributed by atoms with van der Waals surface area (Å²) in [6.07, 6.45) is 2.74. The Morgan fingerprint density at radius 3 is 2.56 bits per heavy atom. The number of halogens is 1. The molecule has 0 aliphatic rings. The Morgan fingerprint density at radius 2 is 2.00 bits per heavy atom. The van der Waals surface area contributed by atoms with Crippen LogP contribution < -0.4 is 5.32 Å². The predicted octanol–water partition coefficient (Wildman–Crippen LogP) is 2.76. The highest BCUT2D eigenvalue weighted by atomic mass is 19.1. The van der Waals surface area contributed by atoms with Crippen LogP contribution in [0.5, 0.6) is 0 Å². The van der Waals surface area contributed by atoms with Crippen molar-refractivity contribution in [1.82, 2.24) is 5.32 Å². The van der Waals surface area contributed by atoms with Crippen LogP contribution >= 0.6 is 0 Å². The lowest BCUT2D eigenvalue weighted by Crippen LogP contribution is -2.37. The molecular weight excluding hydrogens is 229 g/mol. The molecule has 0 aromatic heterocycles. The van der Waals surface area contributed by atoms with Crippen molar-refractivity contribution in [3.63, 3.8) is 0 Å². The van der Waals surface area contributed by atoms with Gasteiger partial charge in [0.1, 0.15) is 5.82 Å². The van der Waals surface area contributed by atoms with E-state index in [1.54, 1.807) is 12.1 Å². The lowest BCUT2D eigenvalue weighted by Gasteiger charge is -2.29. The minimum Gasteiger partial charge on any atom is -0.396 e. The summed E-state index contributed by atoms with van der Waals surface area (Å²) in [6.45, 7) is 6.05. The van der Waals surface area contributed by atoms with Gasteiger partial charge in [-0.3, -0.25) is 0 Å². The lowest BCUT2D eigenvalue weighted by atomic mass is 9.83. The van der Waals surface area contributed by atoms with Gasteiger partial charge in [0, 0.05) is 18.6 Å². The molecule has 0 unspecified atom stereocenters. The third kappa shape index (κ3) is 4.39. The van der Waals surface area contributed by atoms with E-state index in [0.717, 1.165) is 37.9 Å². The van der Waals surface area contributed by atoms with Gasteiger partial charge in [-0.1, -0.05) is 26.0 Å². The molecule has 2 N–H and O–H groups in total. The molecule has 1 aromatic carbocycles. The Balaban J connectivity index is 2.34. The summed E-state index contributed by atoms with van der Waals surface area (Å²) >= 11 is 0. The molecule has 0 amide bonds. The second kappa shape index (κ2) is 7.49. The zero-order valence-corrected chi connectivity index (χ0v) is 11.4. The molecule has 0 heterocycles. The fourth-order valence-corrected chi connectivity index (χ4v) is 2.06. The lowest BCUT2D eigenvalue weighted by molar-refractivity contribution is 0.113. The molecule has 0 aliphatic carbocycles. The molecule has 0 saturated carbocycles. The largest absolute Gasteiger partial charge is 0.396 e. The molecule has 0 atom stereocenters. The molecule has 0 aliphatic heterocycles. The summed E-state index contributed by atoms with van der Waals surface area (Å²) in [5.41, 5.74) is 0.993. The van der Waals surface area contributed by atoms with Crippen LogP contribution in [-0.4, -0.2) is 24.8 Å². The van der Waals surface area contributed by atoms with Crippen LogP contribution in [-0.2, 0) is 6.42 Å². The average molecular weight is 253 g/mol. The van der Waals surface area contributed by atoms with Crippen LogP contribution in [0.25, 0.3) is 0 Å². The van der Waals surface area contributed by atoms with Gasteiger partial charge in [-0.05, 0) is 43.5 Å². The number of hydrogen-bond acceptors (Lipinski definition) is 2. The van der Waals surface area contributed by atoms with Gasteiger partial charge < -0.3 is 10.4 Å². The second-order valence-corrected chi connectivity index (χ2v) is 4.92. The Labute approximate surface area is 109 Å². The highest BCUT2D eigenvalue weighted by molar-refractivity contribution is 5.16. The first-order chi connectivity index (χ1) is 8.65. The standard InChI is InChI=1S/C15H24FNO/c1-3-15(4-2,12-18)11-17-9-8-13-6-5-7-14(16)10-13/h5-7,10,17-18H,3-4,8-9,11-12H2,1-2H3. The molecule has 102 valence electrons. The molecule has 0 saturated heterocycles. The zero-order valence-electron chi connectivity index (χ0n) is 11.4. The Morgan fingerprint density at radius 1 is 1.28 bits per heavy atom. The maximum atomic E-state index is 13.0. The monoisotopic (exact) mass is 253 g/mol. The first kappa shape index (κ1) is 15.1. The van der Waals surface area contributed by atoms with Crippen molar-refractivity contribution < 1.29 is 9.50 Å². The van der Waals surface area contributed by atoms with Gasteiger partial charge in [0.25, 0.3) is 0 Å². The number of rotatable bonds is 8. The van der Waals surface area contributed by atoms with Crippen LogP contribution in [0.3, 0.4) is 0 Å². The number of nitrogens with one attached hydrogen (secondary N) is 1. The van der Waals surface area contributed by atoms with Gasteiger partial charge >= 0.3 is 0 Å². The molecule has 1 rings (SSSR count). The second-order valence-electron chi connectivity index (χ2n) is 4.92. The molecular formula is C15H24FNO. The van der Waals surface area contributed by atoms with E-state index in [1.807, 2.05) is 6.07 Å². The van der Waals surface area contributed by atoms with Crippen LogP contribution in [0.1, 0.15) is 32.3 Å². The van der Waals surface area contributed by atoms with E-state index in [2.05, 4.69) is 19.2 Å². The molecule has 0 radical (unpaired) electrons. The molecule has 0 bridgehead atoms. The third-order valence-corrected chi connectivity index (χ3v) is 3.81. The maximum absolute atomic E-state index is 13.0. The number of aliphatic hydroxyl groups excluding tert-OH is 1. The van der Waals surface area contributed by atoms with E-state index in [1.165, 1.54) is 6.07 Å². The number of hydrogen-bond donors (Lipinski definition) is 2. The fourth-order valence-electron chi connectivity index (χ4n) is 2.06. The summed E-state index contributed by atoms with van der Waals surface area (Å²) in [4.78, 5) is 0. The van der Waals surface area contributed by atoms with Crippen molar-refractivity contribution in [3.05, 3.63) is 35.6 Å². The van der Waals surface area contributed by atoms with Gasteiger partial charge in [0.05, 0.1) is 0 Å². The number of benzene rings is 1. The molecule has 1 aromatic rings. The van der Waals surface area contributed by atoms with Crippen LogP contribution in [0, 0.1) is 11.2 Å². The average Bonchev–Trinajstić information content (AvgIpc) is 2.40. The van der Waals surface area contributed by atoms with Crippen molar-refractivity contribution in [1.29, 1.82) is 0 Å². The fraction of sp³-hybridized carbons (Fsp3) is 0.600. The van der Waals surface area contributed by atoms with E-state index in [0.29, 0.717) is 0 Å². The van der Waals surface area contributed by atoms with Crippen molar-refractivity contribution in [2.24, 2.45) is 5.41 Å². The zero-order chi connectivity index (χ0) is 13.4. The van der Waals surface area contributed by atoms with Gasteiger partial charge in [-0.15, -0.1) is 0 Å². The van der Waals surface area contributed by atoms with E-state index in [4.69, 9.17) is 0 Å². The minimum atomic E-state index is -0.181. The normalized spacial score (nSPS) is 11.8. The van der Waals surface area contributed by atoms with Crippen molar-refractivity contribution in [2.45, 2.75) is 33.1 Å². The molecule has 0 spiro atoms. The summed E-state index contributed by atoms with van der Waals surface area (Å²) in [5.74, 6) is -0.181. The van der Waals surface area contributed by atoms with Crippen molar-refractivity contribution in [2.75, 3.05) is 19.7 Å². The van der Waals surface area contributed by atoms with Crippen molar-refractivity contribution in [3.8, 4) is 0 Å². The third-order valence-electron chi connectivity index (χ3n) is 3.81. The number of aliphatic hydroxyl groups is 1. The summed E-state index contributed by atoms with van der Waals surface area (Å²) in [7, 11) is 0. The molecule has 3 heteroatoms. The Kier molecular flexibility index (Phi) is 6.30. The predicted molar refractivity (Wildman–Crippen MR) is 73.1 cm³/mol. The topological polar surface area (TPSA) is 32.3 Å². The van der Waals surface area contributed by atoms with Gasteiger partial charge in [-0.2, -0.15) is 0 Å². The van der Waals surface area contributed by atoms with E-state index in [9.17, 15) is 9.50 Å². The van der Waals surface area contributed by atoms with Gasteiger partial charge in [0.15, 0.2) is 0 Å². The van der Waals surface area contributed by atoms with Crippen LogP contribution in [0.2, 0.25) is 0 Å². The maximum Gasteiger partial charge on any atom is 0.123 e. The minimum absolute atomic E-state index is 0.0120. The summed E-state index contributed by atoms with van der Waals surface area (Å²) in [6, 6.07) is 6.70. The van der Waals surface area contributed by atoms with Crippen LogP contribution in [0.15, 0.2) is 24.3 Å². The van der Waals surface area contributed by atoms with Gasteiger partial charge in [0.2, 0.25) is 0 Å². The molecule has 0 fully saturated rings. The van der Waals surface area contributed by atoms with Crippen molar-refractivity contribution >= 4 is 0 Å². The first-order valence-electron chi connectivity index (χ1n) is 6.72. The van der Waals surface area contributed by atoms with Gasteiger partial charge in [-0.25, -0.2) is 4.39 Å². The quantitative estimate of drug-likeness (QED) is 0.698. The smallest absolute Gasteiger partial charge is 0.123 e. The SMILES string of the molecule is CCC(CC)(CO)CNCCc1cccc(F)c1. The highest BCUT2D eigenvalue weighted by Gasteiger charge is 2.24. The molecule has 2 nitrogen and oxygen atoms in total. The Hall–Kier alpha value is -0.930. The summed E-state index contributed by atoms with van der Waals surface area (Å²) < 4.78 is 13.0.